The Labute approximate surface area is 195 Å². The van der Waals surface area contributed by atoms with Gasteiger partial charge in [0, 0.05) is 10.5 Å². The van der Waals surface area contributed by atoms with E-state index in [0.717, 1.165) is 23.9 Å². The number of benzene rings is 2. The molecule has 1 fully saturated rings. The Balaban J connectivity index is 1.62. The maximum atomic E-state index is 13.6. The van der Waals surface area contributed by atoms with Crippen LogP contribution in [0.4, 0.5) is 8.78 Å². The maximum Gasteiger partial charge on any atom is 0.159 e. The molecular formula is C20H17Cl2F2N3O4S. The summed E-state index contributed by atoms with van der Waals surface area (Å²) in [6.45, 7) is -0.506. The predicted molar refractivity (Wildman–Crippen MR) is 114 cm³/mol. The third kappa shape index (κ3) is 4.62. The molecule has 0 amide bonds. The number of hydrogen-bond acceptors (Lipinski definition) is 7. The van der Waals surface area contributed by atoms with Crippen molar-refractivity contribution >= 4 is 35.0 Å². The van der Waals surface area contributed by atoms with Crippen molar-refractivity contribution in [1.82, 2.24) is 15.0 Å². The number of aliphatic hydroxyl groups is 3. The molecule has 5 atom stereocenters. The minimum atomic E-state index is -1.32. The molecule has 0 bridgehead atoms. The Morgan fingerprint density at radius 1 is 1.03 bits per heavy atom. The smallest absolute Gasteiger partial charge is 0.159 e. The number of halogens is 4. The molecule has 3 aromatic rings. The Bertz CT molecular complexity index is 1120. The Morgan fingerprint density at radius 2 is 1.81 bits per heavy atom. The average molecular weight is 504 g/mol. The largest absolute Gasteiger partial charge is 0.394 e. The van der Waals surface area contributed by atoms with Crippen molar-refractivity contribution in [3.63, 3.8) is 0 Å². The van der Waals surface area contributed by atoms with E-state index in [1.165, 1.54) is 16.9 Å². The number of thioether (sulfide) groups is 1. The van der Waals surface area contributed by atoms with E-state index < -0.39 is 48.0 Å². The lowest BCUT2D eigenvalue weighted by Gasteiger charge is -2.41. The van der Waals surface area contributed by atoms with Crippen molar-refractivity contribution in [3.05, 3.63) is 64.3 Å². The summed E-state index contributed by atoms with van der Waals surface area (Å²) < 4.78 is 33.7. The van der Waals surface area contributed by atoms with Crippen molar-refractivity contribution in [2.24, 2.45) is 0 Å². The molecule has 2 aromatic carbocycles. The summed E-state index contributed by atoms with van der Waals surface area (Å²) in [5, 5.41) is 39.9. The van der Waals surface area contributed by atoms with Crippen LogP contribution in [0, 0.1) is 11.6 Å². The van der Waals surface area contributed by atoms with Gasteiger partial charge >= 0.3 is 0 Å². The lowest BCUT2D eigenvalue weighted by molar-refractivity contribution is -0.178. The first-order valence-electron chi connectivity index (χ1n) is 9.40. The fraction of sp³-hybridized carbons (Fsp3) is 0.300. The molecular weight excluding hydrogens is 487 g/mol. The van der Waals surface area contributed by atoms with Crippen molar-refractivity contribution < 1.29 is 28.8 Å². The molecule has 2 unspecified atom stereocenters. The van der Waals surface area contributed by atoms with Crippen molar-refractivity contribution in [3.8, 4) is 11.3 Å². The molecule has 4 rings (SSSR count). The Kier molecular flexibility index (Phi) is 7.01. The number of hydrogen-bond donors (Lipinski definition) is 3. The zero-order chi connectivity index (χ0) is 23.0. The standard InChI is InChI=1S/C20H17Cl2F2N3O4S/c21-11-3-2-10(6-12(11)22)32-20-19(30)17(18(29)16(8-28)31-20)27-7-15(25-26-27)9-1-4-13(23)14(24)5-9/h1-7,16-20,28-30H,8H2/t16?,17-,18-,19?,20+/m0/s1. The maximum absolute atomic E-state index is 13.6. The van der Waals surface area contributed by atoms with Gasteiger partial charge in [-0.15, -0.1) is 5.10 Å². The minimum absolute atomic E-state index is 0.212. The van der Waals surface area contributed by atoms with Crippen molar-refractivity contribution in [2.75, 3.05) is 6.61 Å². The van der Waals surface area contributed by atoms with Gasteiger partial charge in [-0.3, -0.25) is 0 Å². The average Bonchev–Trinajstić information content (AvgIpc) is 3.24. The molecule has 7 nitrogen and oxygen atoms in total. The molecule has 2 heterocycles. The molecule has 1 aliphatic rings. The van der Waals surface area contributed by atoms with Gasteiger partial charge in [0.1, 0.15) is 35.5 Å². The van der Waals surface area contributed by atoms with Crippen LogP contribution in [0.1, 0.15) is 6.04 Å². The third-order valence-electron chi connectivity index (χ3n) is 5.02. The number of aromatic nitrogens is 3. The highest BCUT2D eigenvalue weighted by Gasteiger charge is 2.46. The van der Waals surface area contributed by atoms with Crippen LogP contribution in [-0.2, 0) is 4.74 Å². The predicted octanol–water partition coefficient (Wildman–Crippen LogP) is 3.30. The number of nitrogens with zero attached hydrogens (tertiary/aromatic N) is 3. The first-order valence-corrected chi connectivity index (χ1v) is 11.0. The second kappa shape index (κ2) is 9.60. The Hall–Kier alpha value is -1.79. The van der Waals surface area contributed by atoms with E-state index in [9.17, 15) is 24.1 Å². The van der Waals surface area contributed by atoms with Crippen LogP contribution in [-0.4, -0.2) is 60.7 Å². The summed E-state index contributed by atoms with van der Waals surface area (Å²) in [5.41, 5.74) is -0.413. The highest BCUT2D eigenvalue weighted by molar-refractivity contribution is 7.99. The fourth-order valence-electron chi connectivity index (χ4n) is 3.37. The van der Waals surface area contributed by atoms with Crippen LogP contribution in [0.3, 0.4) is 0 Å². The summed E-state index contributed by atoms with van der Waals surface area (Å²) >= 11 is 13.1. The van der Waals surface area contributed by atoms with Gasteiger partial charge in [0.2, 0.25) is 0 Å². The molecule has 0 aliphatic carbocycles. The third-order valence-corrected chi connectivity index (χ3v) is 6.91. The quantitative estimate of drug-likeness (QED) is 0.490. The zero-order valence-corrected chi connectivity index (χ0v) is 18.5. The molecule has 170 valence electrons. The van der Waals surface area contributed by atoms with Gasteiger partial charge in [-0.25, -0.2) is 13.5 Å². The molecule has 32 heavy (non-hydrogen) atoms. The van der Waals surface area contributed by atoms with Gasteiger partial charge in [0.05, 0.1) is 22.8 Å². The topological polar surface area (TPSA) is 101 Å². The van der Waals surface area contributed by atoms with Gasteiger partial charge < -0.3 is 20.1 Å². The van der Waals surface area contributed by atoms with Gasteiger partial charge in [-0.2, -0.15) is 0 Å². The lowest BCUT2D eigenvalue weighted by atomic mass is 9.97. The molecule has 0 saturated carbocycles. The second-order valence-corrected chi connectivity index (χ2v) is 9.09. The van der Waals surface area contributed by atoms with Crippen LogP contribution in [0.25, 0.3) is 11.3 Å². The molecule has 12 heteroatoms. The van der Waals surface area contributed by atoms with E-state index in [1.54, 1.807) is 18.2 Å². The van der Waals surface area contributed by atoms with Gasteiger partial charge in [0.15, 0.2) is 11.6 Å². The monoisotopic (exact) mass is 503 g/mol. The molecule has 1 aromatic heterocycles. The summed E-state index contributed by atoms with van der Waals surface area (Å²) in [6.07, 6.45) is -2.21. The van der Waals surface area contributed by atoms with E-state index in [-0.39, 0.29) is 11.3 Å². The van der Waals surface area contributed by atoms with Crippen LogP contribution in [0.15, 0.2) is 47.5 Å². The van der Waals surface area contributed by atoms with E-state index in [4.69, 9.17) is 27.9 Å². The highest BCUT2D eigenvalue weighted by atomic mass is 35.5. The molecule has 1 saturated heterocycles. The van der Waals surface area contributed by atoms with Crippen LogP contribution in [0.2, 0.25) is 10.0 Å². The van der Waals surface area contributed by atoms with E-state index in [1.807, 2.05) is 0 Å². The molecule has 0 spiro atoms. The van der Waals surface area contributed by atoms with E-state index in [2.05, 4.69) is 10.3 Å². The highest BCUT2D eigenvalue weighted by Crippen LogP contribution is 2.39. The second-order valence-electron chi connectivity index (χ2n) is 7.10. The van der Waals surface area contributed by atoms with E-state index >= 15 is 0 Å². The summed E-state index contributed by atoms with van der Waals surface area (Å²) in [7, 11) is 0. The van der Waals surface area contributed by atoms with Crippen LogP contribution < -0.4 is 0 Å². The number of rotatable bonds is 5. The zero-order valence-electron chi connectivity index (χ0n) is 16.1. The van der Waals surface area contributed by atoms with Gasteiger partial charge in [0.25, 0.3) is 0 Å². The first kappa shape index (κ1) is 23.4. The normalized spacial score (nSPS) is 25.8. The van der Waals surface area contributed by atoms with Crippen LogP contribution in [0.5, 0.6) is 0 Å². The van der Waals surface area contributed by atoms with E-state index in [0.29, 0.717) is 14.9 Å². The van der Waals surface area contributed by atoms with Crippen molar-refractivity contribution in [2.45, 2.75) is 34.7 Å². The van der Waals surface area contributed by atoms with Crippen molar-refractivity contribution in [1.29, 1.82) is 0 Å². The minimum Gasteiger partial charge on any atom is -0.394 e. The summed E-state index contributed by atoms with van der Waals surface area (Å²) in [5.74, 6) is -2.04. The summed E-state index contributed by atoms with van der Waals surface area (Å²) in [4.78, 5) is 0.649. The fourth-order valence-corrected chi connectivity index (χ4v) is 4.83. The van der Waals surface area contributed by atoms with Crippen LogP contribution >= 0.6 is 35.0 Å². The SMILES string of the molecule is OCC1O[C@H](Sc2ccc(Cl)c(Cl)c2)C(O)[C@@H](n2cc(-c3ccc(F)c(F)c3)nn2)[C@H]1O. The molecule has 1 aliphatic heterocycles. The molecule has 3 N–H and O–H groups in total. The molecule has 0 radical (unpaired) electrons. The van der Waals surface area contributed by atoms with Gasteiger partial charge in [-0.1, -0.05) is 40.2 Å². The first-order chi connectivity index (χ1) is 15.3. The van der Waals surface area contributed by atoms with Gasteiger partial charge in [-0.05, 0) is 36.4 Å². The Morgan fingerprint density at radius 3 is 2.50 bits per heavy atom. The summed E-state index contributed by atoms with van der Waals surface area (Å²) in [6, 6.07) is 7.14. The number of ether oxygens (including phenoxy) is 1. The number of aliphatic hydroxyl groups excluding tert-OH is 3. The lowest BCUT2D eigenvalue weighted by Crippen LogP contribution is -2.55.